The normalized spacial score (nSPS) is 13.1. The molecule has 2 heterocycles. The Labute approximate surface area is 84.8 Å². The van der Waals surface area contributed by atoms with Gasteiger partial charge in [-0.3, -0.25) is 0 Å². The van der Waals surface area contributed by atoms with Gasteiger partial charge >= 0.3 is 0 Å². The summed E-state index contributed by atoms with van der Waals surface area (Å²) in [7, 11) is 0. The number of aliphatic hydroxyl groups is 1. The minimum Gasteiger partial charge on any atom is -0.382 e. The number of thiophene rings is 1. The molecular formula is C9H8ClNOS. The Hall–Kier alpha value is -0.770. The molecule has 0 saturated heterocycles. The topological polar surface area (TPSA) is 36.0 Å². The van der Waals surface area contributed by atoms with Gasteiger partial charge in [0.25, 0.3) is 0 Å². The van der Waals surface area contributed by atoms with Gasteiger partial charge in [-0.15, -0.1) is 11.3 Å². The van der Waals surface area contributed by atoms with Crippen LogP contribution in [-0.2, 0) is 0 Å². The Morgan fingerprint density at radius 1 is 1.54 bits per heavy atom. The summed E-state index contributed by atoms with van der Waals surface area (Å²) >= 11 is 7.18. The van der Waals surface area contributed by atoms with Gasteiger partial charge in [-0.05, 0) is 29.1 Å². The second kappa shape index (κ2) is 3.54. The van der Waals surface area contributed by atoms with E-state index in [9.17, 15) is 5.11 Å². The van der Waals surface area contributed by atoms with E-state index < -0.39 is 6.10 Å². The maximum atomic E-state index is 9.81. The summed E-state index contributed by atoms with van der Waals surface area (Å²) in [4.78, 5) is 2.96. The van der Waals surface area contributed by atoms with E-state index in [1.807, 2.05) is 17.5 Å². The SMILES string of the molecule is OC(c1csc(Cl)c1)c1ccc[nH]1. The quantitative estimate of drug-likeness (QED) is 0.791. The average molecular weight is 214 g/mol. The predicted octanol–water partition coefficient (Wildman–Crippen LogP) is 2.81. The molecule has 13 heavy (non-hydrogen) atoms. The molecule has 2 N–H and O–H groups in total. The lowest BCUT2D eigenvalue weighted by Crippen LogP contribution is -1.97. The van der Waals surface area contributed by atoms with Crippen LogP contribution in [0.2, 0.25) is 4.34 Å². The highest BCUT2D eigenvalue weighted by Crippen LogP contribution is 2.27. The number of aromatic nitrogens is 1. The summed E-state index contributed by atoms with van der Waals surface area (Å²) in [5.41, 5.74) is 1.62. The van der Waals surface area contributed by atoms with Crippen LogP contribution in [0.1, 0.15) is 17.4 Å². The number of aliphatic hydroxyl groups excluding tert-OH is 1. The van der Waals surface area contributed by atoms with Crippen molar-refractivity contribution in [3.05, 3.63) is 45.4 Å². The zero-order chi connectivity index (χ0) is 9.26. The van der Waals surface area contributed by atoms with Crippen LogP contribution >= 0.6 is 22.9 Å². The van der Waals surface area contributed by atoms with E-state index in [1.54, 1.807) is 12.3 Å². The fraction of sp³-hybridized carbons (Fsp3) is 0.111. The van der Waals surface area contributed by atoms with Crippen LogP contribution in [0.4, 0.5) is 0 Å². The molecule has 0 fully saturated rings. The van der Waals surface area contributed by atoms with Crippen LogP contribution in [0.3, 0.4) is 0 Å². The highest BCUT2D eigenvalue weighted by atomic mass is 35.5. The Kier molecular flexibility index (Phi) is 2.40. The van der Waals surface area contributed by atoms with Crippen LogP contribution in [0.15, 0.2) is 29.8 Å². The van der Waals surface area contributed by atoms with Gasteiger partial charge in [0.05, 0.1) is 4.34 Å². The molecule has 0 aliphatic heterocycles. The second-order valence-electron chi connectivity index (χ2n) is 2.71. The first-order chi connectivity index (χ1) is 6.27. The summed E-state index contributed by atoms with van der Waals surface area (Å²) in [6, 6.07) is 5.47. The number of nitrogens with one attached hydrogen (secondary N) is 1. The van der Waals surface area contributed by atoms with E-state index in [-0.39, 0.29) is 0 Å². The minimum atomic E-state index is -0.598. The first-order valence-corrected chi connectivity index (χ1v) is 5.08. The van der Waals surface area contributed by atoms with Crippen molar-refractivity contribution >= 4 is 22.9 Å². The summed E-state index contributed by atoms with van der Waals surface area (Å²) in [5.74, 6) is 0. The number of hydrogen-bond donors (Lipinski definition) is 2. The van der Waals surface area contributed by atoms with E-state index in [2.05, 4.69) is 4.98 Å². The molecule has 0 aliphatic carbocycles. The van der Waals surface area contributed by atoms with Gasteiger partial charge in [0.15, 0.2) is 0 Å². The second-order valence-corrected chi connectivity index (χ2v) is 4.25. The van der Waals surface area contributed by atoms with E-state index in [4.69, 9.17) is 11.6 Å². The number of aromatic amines is 1. The molecular weight excluding hydrogens is 206 g/mol. The van der Waals surface area contributed by atoms with Crippen molar-refractivity contribution in [3.63, 3.8) is 0 Å². The van der Waals surface area contributed by atoms with Crippen molar-refractivity contribution in [2.75, 3.05) is 0 Å². The number of H-pyrrole nitrogens is 1. The predicted molar refractivity (Wildman–Crippen MR) is 54.2 cm³/mol. The van der Waals surface area contributed by atoms with Crippen molar-refractivity contribution in [1.29, 1.82) is 0 Å². The zero-order valence-electron chi connectivity index (χ0n) is 6.70. The number of rotatable bonds is 2. The van der Waals surface area contributed by atoms with Crippen molar-refractivity contribution in [3.8, 4) is 0 Å². The third kappa shape index (κ3) is 1.77. The van der Waals surface area contributed by atoms with Gasteiger partial charge in [-0.25, -0.2) is 0 Å². The van der Waals surface area contributed by atoms with E-state index >= 15 is 0 Å². The van der Waals surface area contributed by atoms with Gasteiger partial charge in [0, 0.05) is 11.9 Å². The molecule has 68 valence electrons. The zero-order valence-corrected chi connectivity index (χ0v) is 8.27. The van der Waals surface area contributed by atoms with Gasteiger partial charge in [-0.1, -0.05) is 11.6 Å². The molecule has 2 nitrogen and oxygen atoms in total. The first kappa shape index (κ1) is 8.81. The van der Waals surface area contributed by atoms with Gasteiger partial charge in [0.2, 0.25) is 0 Å². The third-order valence-corrected chi connectivity index (χ3v) is 2.93. The van der Waals surface area contributed by atoms with E-state index in [0.29, 0.717) is 4.34 Å². The molecule has 0 radical (unpaired) electrons. The summed E-state index contributed by atoms with van der Waals surface area (Å²) in [5, 5.41) is 11.7. The van der Waals surface area contributed by atoms with Crippen LogP contribution in [-0.4, -0.2) is 10.1 Å². The fourth-order valence-corrected chi connectivity index (χ4v) is 2.07. The molecule has 1 unspecified atom stereocenters. The molecule has 0 spiro atoms. The van der Waals surface area contributed by atoms with E-state index in [1.165, 1.54) is 11.3 Å². The highest BCUT2D eigenvalue weighted by Gasteiger charge is 2.12. The van der Waals surface area contributed by atoms with Crippen LogP contribution in [0.5, 0.6) is 0 Å². The molecule has 0 aromatic carbocycles. The van der Waals surface area contributed by atoms with Gasteiger partial charge < -0.3 is 10.1 Å². The largest absolute Gasteiger partial charge is 0.382 e. The van der Waals surface area contributed by atoms with Crippen molar-refractivity contribution in [2.45, 2.75) is 6.10 Å². The molecule has 0 bridgehead atoms. The monoisotopic (exact) mass is 213 g/mol. The van der Waals surface area contributed by atoms with Crippen LogP contribution < -0.4 is 0 Å². The minimum absolute atomic E-state index is 0.598. The molecule has 0 amide bonds. The lowest BCUT2D eigenvalue weighted by Gasteiger charge is -2.05. The molecule has 2 aromatic rings. The molecule has 2 rings (SSSR count). The molecule has 0 saturated carbocycles. The Morgan fingerprint density at radius 2 is 2.38 bits per heavy atom. The third-order valence-electron chi connectivity index (χ3n) is 1.82. The van der Waals surface area contributed by atoms with Crippen LogP contribution in [0, 0.1) is 0 Å². The first-order valence-electron chi connectivity index (χ1n) is 3.82. The van der Waals surface area contributed by atoms with Gasteiger partial charge in [-0.2, -0.15) is 0 Å². The Bertz CT molecular complexity index is 382. The summed E-state index contributed by atoms with van der Waals surface area (Å²) < 4.78 is 0.695. The standard InChI is InChI=1S/C9H8ClNOS/c10-8-4-6(5-13-8)9(12)7-2-1-3-11-7/h1-5,9,11-12H. The average Bonchev–Trinajstić information content (AvgIpc) is 2.72. The van der Waals surface area contributed by atoms with Crippen molar-refractivity contribution in [1.82, 2.24) is 4.98 Å². The lowest BCUT2D eigenvalue weighted by molar-refractivity contribution is 0.216. The molecule has 0 aliphatic rings. The highest BCUT2D eigenvalue weighted by molar-refractivity contribution is 7.14. The van der Waals surface area contributed by atoms with Crippen molar-refractivity contribution < 1.29 is 5.11 Å². The van der Waals surface area contributed by atoms with Crippen molar-refractivity contribution in [2.24, 2.45) is 0 Å². The maximum Gasteiger partial charge on any atom is 0.120 e. The van der Waals surface area contributed by atoms with Gasteiger partial charge in [0.1, 0.15) is 6.10 Å². The maximum absolute atomic E-state index is 9.81. The number of halogens is 1. The lowest BCUT2D eigenvalue weighted by atomic mass is 10.1. The summed E-state index contributed by atoms with van der Waals surface area (Å²) in [6.07, 6.45) is 1.19. The Morgan fingerprint density at radius 3 is 2.92 bits per heavy atom. The molecule has 4 heteroatoms. The fourth-order valence-electron chi connectivity index (χ4n) is 1.16. The smallest absolute Gasteiger partial charge is 0.120 e. The Balaban J connectivity index is 2.28. The molecule has 2 aromatic heterocycles. The van der Waals surface area contributed by atoms with Crippen LogP contribution in [0.25, 0.3) is 0 Å². The number of hydrogen-bond acceptors (Lipinski definition) is 2. The van der Waals surface area contributed by atoms with E-state index in [0.717, 1.165) is 11.3 Å². The molecule has 1 atom stereocenters. The summed E-state index contributed by atoms with van der Waals surface area (Å²) in [6.45, 7) is 0.